The molecule has 0 N–H and O–H groups in total. The van der Waals surface area contributed by atoms with Gasteiger partial charge in [0.25, 0.3) is 0 Å². The molecule has 0 heterocycles. The maximum absolute atomic E-state index is 11.1. The zero-order valence-electron chi connectivity index (χ0n) is 8.01. The fraction of sp³-hybridized carbons (Fsp3) is 0.900. The molecule has 0 saturated heterocycles. The number of carbonyl (C=O) groups is 1. The molecule has 0 aromatic rings. The maximum Gasteiger partial charge on any atom is 0.133 e. The van der Waals surface area contributed by atoms with Crippen LogP contribution < -0.4 is 0 Å². The van der Waals surface area contributed by atoms with Gasteiger partial charge in [-0.25, -0.2) is 0 Å². The molecule has 12 heavy (non-hydrogen) atoms. The highest BCUT2D eigenvalue weighted by atomic mass is 16.5. The first kappa shape index (κ1) is 9.72. The zero-order chi connectivity index (χ0) is 8.97. The Hall–Kier alpha value is -0.370. The molecule has 1 fully saturated rings. The van der Waals surface area contributed by atoms with Gasteiger partial charge in [-0.15, -0.1) is 0 Å². The van der Waals surface area contributed by atoms with Crippen LogP contribution in [0.3, 0.4) is 0 Å². The van der Waals surface area contributed by atoms with Gasteiger partial charge in [0, 0.05) is 26.6 Å². The molecule has 0 amide bonds. The lowest BCUT2D eigenvalue weighted by molar-refractivity contribution is -0.122. The lowest BCUT2D eigenvalue weighted by atomic mass is 9.78. The van der Waals surface area contributed by atoms with E-state index in [9.17, 15) is 4.79 Å². The summed E-state index contributed by atoms with van der Waals surface area (Å²) in [5.41, 5.74) is 0. The minimum atomic E-state index is 0.439. The molecule has 70 valence electrons. The summed E-state index contributed by atoms with van der Waals surface area (Å²) in [6.07, 6.45) is 3.70. The molecular weight excluding hydrogens is 152 g/mol. The van der Waals surface area contributed by atoms with Gasteiger partial charge in [-0.05, 0) is 24.7 Å². The number of Topliss-reactive ketones (excluding diaryl/α,β-unsaturated/α-hetero) is 1. The molecule has 2 heteroatoms. The van der Waals surface area contributed by atoms with Crippen LogP contribution in [0.2, 0.25) is 0 Å². The molecule has 0 radical (unpaired) electrons. The van der Waals surface area contributed by atoms with Gasteiger partial charge in [0.05, 0.1) is 0 Å². The topological polar surface area (TPSA) is 26.3 Å². The van der Waals surface area contributed by atoms with Crippen molar-refractivity contribution in [2.45, 2.75) is 32.6 Å². The Morgan fingerprint density at radius 2 is 2.33 bits per heavy atom. The van der Waals surface area contributed by atoms with Crippen molar-refractivity contribution in [1.82, 2.24) is 0 Å². The zero-order valence-corrected chi connectivity index (χ0v) is 8.01. The molecule has 0 aromatic carbocycles. The first-order valence-corrected chi connectivity index (χ1v) is 4.74. The van der Waals surface area contributed by atoms with Crippen LogP contribution in [0.15, 0.2) is 0 Å². The highest BCUT2D eigenvalue weighted by Crippen LogP contribution is 2.29. The second-order valence-electron chi connectivity index (χ2n) is 3.80. The van der Waals surface area contributed by atoms with Crippen LogP contribution in [-0.4, -0.2) is 19.5 Å². The second-order valence-corrected chi connectivity index (χ2v) is 3.80. The van der Waals surface area contributed by atoms with E-state index in [1.54, 1.807) is 7.11 Å². The van der Waals surface area contributed by atoms with Crippen LogP contribution in [0.1, 0.15) is 32.6 Å². The molecule has 1 aliphatic rings. The lowest BCUT2D eigenvalue weighted by Crippen LogP contribution is -2.23. The minimum Gasteiger partial charge on any atom is -0.385 e. The van der Waals surface area contributed by atoms with Gasteiger partial charge in [0.1, 0.15) is 5.78 Å². The molecule has 2 unspecified atom stereocenters. The molecule has 1 rings (SSSR count). The summed E-state index contributed by atoms with van der Waals surface area (Å²) in [7, 11) is 1.72. The summed E-state index contributed by atoms with van der Waals surface area (Å²) in [5, 5.41) is 0. The summed E-state index contributed by atoms with van der Waals surface area (Å²) >= 11 is 0. The predicted octanol–water partition coefficient (Wildman–Crippen LogP) is 2.03. The number of methoxy groups -OCH3 is 1. The minimum absolute atomic E-state index is 0.439. The molecule has 1 saturated carbocycles. The van der Waals surface area contributed by atoms with Gasteiger partial charge in [0.15, 0.2) is 0 Å². The van der Waals surface area contributed by atoms with E-state index in [2.05, 4.69) is 6.92 Å². The maximum atomic E-state index is 11.1. The van der Waals surface area contributed by atoms with E-state index in [0.29, 0.717) is 17.6 Å². The second kappa shape index (κ2) is 4.61. The summed E-state index contributed by atoms with van der Waals surface area (Å²) in [6, 6.07) is 0. The van der Waals surface area contributed by atoms with E-state index in [-0.39, 0.29) is 0 Å². The molecule has 2 atom stereocenters. The fourth-order valence-corrected chi connectivity index (χ4v) is 1.88. The van der Waals surface area contributed by atoms with Gasteiger partial charge < -0.3 is 4.74 Å². The SMILES string of the molecule is COCCC1CC(=O)CCC1C. The van der Waals surface area contributed by atoms with Gasteiger partial charge in [-0.1, -0.05) is 6.92 Å². The molecule has 2 nitrogen and oxygen atoms in total. The third kappa shape index (κ3) is 2.59. The number of hydrogen-bond acceptors (Lipinski definition) is 2. The van der Waals surface area contributed by atoms with Crippen molar-refractivity contribution in [3.05, 3.63) is 0 Å². The van der Waals surface area contributed by atoms with Gasteiger partial charge in [-0.3, -0.25) is 4.79 Å². The summed E-state index contributed by atoms with van der Waals surface area (Å²) < 4.78 is 5.02. The van der Waals surface area contributed by atoms with Crippen LogP contribution in [-0.2, 0) is 9.53 Å². The molecule has 0 spiro atoms. The normalized spacial score (nSPS) is 30.7. The number of rotatable bonds is 3. The van der Waals surface area contributed by atoms with E-state index in [0.717, 1.165) is 32.3 Å². The Morgan fingerprint density at radius 1 is 1.58 bits per heavy atom. The molecule has 0 aromatic heterocycles. The van der Waals surface area contributed by atoms with Crippen molar-refractivity contribution in [2.24, 2.45) is 11.8 Å². The van der Waals surface area contributed by atoms with E-state index in [1.165, 1.54) is 0 Å². The standard InChI is InChI=1S/C10H18O2/c1-8-3-4-10(11)7-9(8)5-6-12-2/h8-9H,3-7H2,1-2H3. The monoisotopic (exact) mass is 170 g/mol. The molecular formula is C10H18O2. The van der Waals surface area contributed by atoms with Crippen LogP contribution in [0.4, 0.5) is 0 Å². The average Bonchev–Trinajstić information content (AvgIpc) is 2.07. The van der Waals surface area contributed by atoms with Gasteiger partial charge in [-0.2, -0.15) is 0 Å². The van der Waals surface area contributed by atoms with E-state index in [1.807, 2.05) is 0 Å². The highest BCUT2D eigenvalue weighted by Gasteiger charge is 2.25. The van der Waals surface area contributed by atoms with Crippen molar-refractivity contribution >= 4 is 5.78 Å². The Kier molecular flexibility index (Phi) is 3.73. The summed E-state index contributed by atoms with van der Waals surface area (Å²) in [6.45, 7) is 3.04. The summed E-state index contributed by atoms with van der Waals surface area (Å²) in [4.78, 5) is 11.1. The van der Waals surface area contributed by atoms with E-state index >= 15 is 0 Å². The predicted molar refractivity (Wildman–Crippen MR) is 48.0 cm³/mol. The lowest BCUT2D eigenvalue weighted by Gasteiger charge is -2.27. The number of ether oxygens (including phenoxy) is 1. The Bertz CT molecular complexity index is 154. The smallest absolute Gasteiger partial charge is 0.133 e. The number of hydrogen-bond donors (Lipinski definition) is 0. The van der Waals surface area contributed by atoms with Gasteiger partial charge >= 0.3 is 0 Å². The largest absolute Gasteiger partial charge is 0.385 e. The highest BCUT2D eigenvalue weighted by molar-refractivity contribution is 5.79. The first-order chi connectivity index (χ1) is 5.74. The fourth-order valence-electron chi connectivity index (χ4n) is 1.88. The first-order valence-electron chi connectivity index (χ1n) is 4.74. The molecule has 0 aliphatic heterocycles. The van der Waals surface area contributed by atoms with Crippen LogP contribution in [0.25, 0.3) is 0 Å². The molecule has 1 aliphatic carbocycles. The number of carbonyl (C=O) groups excluding carboxylic acids is 1. The average molecular weight is 170 g/mol. The van der Waals surface area contributed by atoms with Crippen molar-refractivity contribution in [3.63, 3.8) is 0 Å². The van der Waals surface area contributed by atoms with Crippen molar-refractivity contribution in [2.75, 3.05) is 13.7 Å². The Balaban J connectivity index is 2.33. The number of ketones is 1. The quantitative estimate of drug-likeness (QED) is 0.647. The van der Waals surface area contributed by atoms with Gasteiger partial charge in [0.2, 0.25) is 0 Å². The Labute approximate surface area is 74.3 Å². The molecule has 0 bridgehead atoms. The van der Waals surface area contributed by atoms with E-state index < -0.39 is 0 Å². The van der Waals surface area contributed by atoms with Crippen LogP contribution in [0, 0.1) is 11.8 Å². The van der Waals surface area contributed by atoms with Crippen molar-refractivity contribution in [1.29, 1.82) is 0 Å². The van der Waals surface area contributed by atoms with Crippen molar-refractivity contribution in [3.8, 4) is 0 Å². The third-order valence-corrected chi connectivity index (χ3v) is 2.87. The van der Waals surface area contributed by atoms with Crippen LogP contribution in [0.5, 0.6) is 0 Å². The van der Waals surface area contributed by atoms with Crippen LogP contribution >= 0.6 is 0 Å². The Morgan fingerprint density at radius 3 is 3.00 bits per heavy atom. The van der Waals surface area contributed by atoms with E-state index in [4.69, 9.17) is 4.74 Å². The van der Waals surface area contributed by atoms with Crippen molar-refractivity contribution < 1.29 is 9.53 Å². The summed E-state index contributed by atoms with van der Waals surface area (Å²) in [5.74, 6) is 1.72. The third-order valence-electron chi connectivity index (χ3n) is 2.87.